The molecule has 0 fully saturated rings. The molecule has 2 N–H and O–H groups in total. The highest BCUT2D eigenvalue weighted by molar-refractivity contribution is 7.99. The summed E-state index contributed by atoms with van der Waals surface area (Å²) >= 11 is 13.3. The molecular weight excluding hydrogens is 267 g/mol. The van der Waals surface area contributed by atoms with E-state index in [4.69, 9.17) is 28.3 Å². The van der Waals surface area contributed by atoms with Gasteiger partial charge in [-0.05, 0) is 24.6 Å². The summed E-state index contributed by atoms with van der Waals surface area (Å²) in [6.45, 7) is 1.81. The van der Waals surface area contributed by atoms with Crippen LogP contribution in [0.25, 0.3) is 0 Å². The van der Waals surface area contributed by atoms with Gasteiger partial charge in [-0.2, -0.15) is 11.8 Å². The number of thioether (sulfide) groups is 1. The minimum Gasteiger partial charge on any atom is -0.394 e. The molecular formula is C11H14Cl2O2S. The average Bonchev–Trinajstić information content (AvgIpc) is 2.29. The average molecular weight is 281 g/mol. The Morgan fingerprint density at radius 1 is 1.31 bits per heavy atom. The van der Waals surface area contributed by atoms with Gasteiger partial charge in [0.15, 0.2) is 0 Å². The van der Waals surface area contributed by atoms with Crippen molar-refractivity contribution in [2.24, 2.45) is 0 Å². The van der Waals surface area contributed by atoms with E-state index in [1.807, 2.05) is 19.1 Å². The van der Waals surface area contributed by atoms with Crippen molar-refractivity contribution >= 4 is 35.0 Å². The van der Waals surface area contributed by atoms with Gasteiger partial charge in [-0.15, -0.1) is 0 Å². The highest BCUT2D eigenvalue weighted by Gasteiger charge is 2.10. The van der Waals surface area contributed by atoms with E-state index in [-0.39, 0.29) is 11.9 Å². The van der Waals surface area contributed by atoms with Gasteiger partial charge in [-0.25, -0.2) is 0 Å². The van der Waals surface area contributed by atoms with E-state index in [1.165, 1.54) is 0 Å². The first-order valence-electron chi connectivity index (χ1n) is 4.90. The van der Waals surface area contributed by atoms with Crippen LogP contribution in [0.15, 0.2) is 18.2 Å². The van der Waals surface area contributed by atoms with Crippen molar-refractivity contribution in [1.82, 2.24) is 0 Å². The Bertz CT molecular complexity index is 347. The number of aliphatic hydroxyl groups is 2. The Hall–Kier alpha value is 0.0700. The smallest absolute Gasteiger partial charge is 0.0861 e. The minimum atomic E-state index is -0.671. The summed E-state index contributed by atoms with van der Waals surface area (Å²) in [5, 5.41) is 19.2. The van der Waals surface area contributed by atoms with Crippen molar-refractivity contribution in [3.05, 3.63) is 33.8 Å². The first-order chi connectivity index (χ1) is 7.54. The van der Waals surface area contributed by atoms with Crippen LogP contribution >= 0.6 is 35.0 Å². The normalized spacial score (nSPS) is 14.8. The van der Waals surface area contributed by atoms with E-state index in [0.717, 1.165) is 5.56 Å². The molecule has 0 heterocycles. The quantitative estimate of drug-likeness (QED) is 0.871. The minimum absolute atomic E-state index is 0.205. The number of hydrogen-bond acceptors (Lipinski definition) is 3. The maximum absolute atomic E-state index is 9.23. The van der Waals surface area contributed by atoms with Gasteiger partial charge >= 0.3 is 0 Å². The number of benzene rings is 1. The van der Waals surface area contributed by atoms with E-state index in [9.17, 15) is 5.11 Å². The van der Waals surface area contributed by atoms with Crippen molar-refractivity contribution in [3.8, 4) is 0 Å². The summed E-state index contributed by atoms with van der Waals surface area (Å²) in [5.41, 5.74) is 1.06. The molecule has 2 unspecified atom stereocenters. The third-order valence-corrected chi connectivity index (χ3v) is 4.25. The predicted octanol–water partition coefficient (Wildman–Crippen LogP) is 3.14. The zero-order valence-corrected chi connectivity index (χ0v) is 11.2. The van der Waals surface area contributed by atoms with Crippen molar-refractivity contribution in [2.75, 3.05) is 12.4 Å². The van der Waals surface area contributed by atoms with Gasteiger partial charge in [-0.3, -0.25) is 0 Å². The van der Waals surface area contributed by atoms with E-state index < -0.39 is 6.10 Å². The fourth-order valence-electron chi connectivity index (χ4n) is 1.17. The molecule has 0 saturated heterocycles. The highest BCUT2D eigenvalue weighted by Crippen LogP contribution is 2.32. The summed E-state index contributed by atoms with van der Waals surface area (Å²) in [5.74, 6) is 0.498. The van der Waals surface area contributed by atoms with Gasteiger partial charge in [0, 0.05) is 11.0 Å². The van der Waals surface area contributed by atoms with Crippen LogP contribution in [0, 0.1) is 0 Å². The predicted molar refractivity (Wildman–Crippen MR) is 70.4 cm³/mol. The summed E-state index contributed by atoms with van der Waals surface area (Å²) in [7, 11) is 0. The summed E-state index contributed by atoms with van der Waals surface area (Å²) in [6, 6.07) is 5.50. The van der Waals surface area contributed by atoms with E-state index in [2.05, 4.69) is 0 Å². The van der Waals surface area contributed by atoms with Crippen LogP contribution in [-0.4, -0.2) is 28.7 Å². The summed E-state index contributed by atoms with van der Waals surface area (Å²) in [4.78, 5) is 0. The van der Waals surface area contributed by atoms with Crippen LogP contribution in [0.3, 0.4) is 0 Å². The molecule has 16 heavy (non-hydrogen) atoms. The number of hydrogen-bond donors (Lipinski definition) is 2. The van der Waals surface area contributed by atoms with Gasteiger partial charge in [0.2, 0.25) is 0 Å². The first-order valence-corrected chi connectivity index (χ1v) is 6.70. The van der Waals surface area contributed by atoms with Gasteiger partial charge in [0.25, 0.3) is 0 Å². The zero-order chi connectivity index (χ0) is 12.1. The second-order valence-corrected chi connectivity index (χ2v) is 5.67. The Balaban J connectivity index is 2.59. The van der Waals surface area contributed by atoms with Crippen LogP contribution in [0.1, 0.15) is 17.7 Å². The van der Waals surface area contributed by atoms with Crippen LogP contribution < -0.4 is 0 Å². The topological polar surface area (TPSA) is 40.5 Å². The standard InChI is InChI=1S/C11H14Cl2O2S/c1-7(16-6-9(15)5-14)8-2-3-10(12)11(13)4-8/h2-4,7,9,14-15H,5-6H2,1H3. The SMILES string of the molecule is CC(SCC(O)CO)c1ccc(Cl)c(Cl)c1. The van der Waals surface area contributed by atoms with Crippen molar-refractivity contribution in [1.29, 1.82) is 0 Å². The molecule has 1 aromatic carbocycles. The van der Waals surface area contributed by atoms with Crippen molar-refractivity contribution in [2.45, 2.75) is 18.3 Å². The second-order valence-electron chi connectivity index (χ2n) is 3.49. The third-order valence-electron chi connectivity index (χ3n) is 2.16. The fourth-order valence-corrected chi connectivity index (χ4v) is 2.43. The molecule has 0 saturated carbocycles. The molecule has 0 aliphatic heterocycles. The van der Waals surface area contributed by atoms with Crippen LogP contribution in [-0.2, 0) is 0 Å². The molecule has 0 aromatic heterocycles. The molecule has 0 amide bonds. The molecule has 0 aliphatic rings. The lowest BCUT2D eigenvalue weighted by atomic mass is 10.2. The third kappa shape index (κ3) is 4.15. The van der Waals surface area contributed by atoms with Crippen LogP contribution in [0.2, 0.25) is 10.0 Å². The van der Waals surface area contributed by atoms with Crippen molar-refractivity contribution in [3.63, 3.8) is 0 Å². The second kappa shape index (κ2) is 6.72. The van der Waals surface area contributed by atoms with E-state index in [0.29, 0.717) is 15.8 Å². The van der Waals surface area contributed by atoms with Gasteiger partial charge in [-0.1, -0.05) is 29.3 Å². The molecule has 5 heteroatoms. The lowest BCUT2D eigenvalue weighted by Crippen LogP contribution is -2.15. The van der Waals surface area contributed by atoms with Crippen LogP contribution in [0.4, 0.5) is 0 Å². The Morgan fingerprint density at radius 3 is 2.56 bits per heavy atom. The van der Waals surface area contributed by atoms with E-state index >= 15 is 0 Å². The maximum Gasteiger partial charge on any atom is 0.0861 e. The Labute approximate surface area is 110 Å². The number of halogens is 2. The molecule has 90 valence electrons. The molecule has 0 aliphatic carbocycles. The maximum atomic E-state index is 9.23. The molecule has 0 spiro atoms. The van der Waals surface area contributed by atoms with Crippen molar-refractivity contribution < 1.29 is 10.2 Å². The number of aliphatic hydroxyl groups excluding tert-OH is 2. The Kier molecular flexibility index (Phi) is 5.94. The molecule has 1 rings (SSSR count). The fraction of sp³-hybridized carbons (Fsp3) is 0.455. The first kappa shape index (κ1) is 14.1. The molecule has 2 atom stereocenters. The monoisotopic (exact) mass is 280 g/mol. The van der Waals surface area contributed by atoms with E-state index in [1.54, 1.807) is 17.8 Å². The lowest BCUT2D eigenvalue weighted by molar-refractivity contribution is 0.113. The molecule has 2 nitrogen and oxygen atoms in total. The van der Waals surface area contributed by atoms with Crippen LogP contribution in [0.5, 0.6) is 0 Å². The number of rotatable bonds is 5. The largest absolute Gasteiger partial charge is 0.394 e. The molecule has 0 radical (unpaired) electrons. The van der Waals surface area contributed by atoms with Gasteiger partial charge in [0.05, 0.1) is 22.8 Å². The zero-order valence-electron chi connectivity index (χ0n) is 8.86. The molecule has 1 aromatic rings. The van der Waals surface area contributed by atoms with Gasteiger partial charge in [0.1, 0.15) is 0 Å². The Morgan fingerprint density at radius 2 is 2.00 bits per heavy atom. The summed E-state index contributed by atoms with van der Waals surface area (Å²) in [6.07, 6.45) is -0.671. The highest BCUT2D eigenvalue weighted by atomic mass is 35.5. The summed E-state index contributed by atoms with van der Waals surface area (Å²) < 4.78 is 0. The lowest BCUT2D eigenvalue weighted by Gasteiger charge is -2.14. The molecule has 0 bridgehead atoms. The van der Waals surface area contributed by atoms with Gasteiger partial charge < -0.3 is 10.2 Å².